The summed E-state index contributed by atoms with van der Waals surface area (Å²) in [5.74, 6) is -7.26. The molecule has 0 saturated carbocycles. The fourth-order valence-electron chi connectivity index (χ4n) is 1.53. The molecule has 0 spiro atoms. The maximum Gasteiger partial charge on any atom is 0.344 e. The summed E-state index contributed by atoms with van der Waals surface area (Å²) in [5.41, 5.74) is -4.10. The Labute approximate surface area is 95.6 Å². The first kappa shape index (κ1) is 12.1. The molecule has 0 aliphatic carbocycles. The van der Waals surface area contributed by atoms with Crippen LogP contribution in [0, 0.1) is 17.6 Å². The first-order valence-corrected chi connectivity index (χ1v) is 4.48. The van der Waals surface area contributed by atoms with Crippen molar-refractivity contribution in [3.8, 4) is 0 Å². The molecule has 4 nitrogen and oxygen atoms in total. The largest absolute Gasteiger partial charge is 0.477 e. The molecule has 0 fully saturated rings. The number of halogens is 4. The Balaban J connectivity index is 3.15. The number of carboxylic acids is 1. The molecule has 18 heavy (non-hydrogen) atoms. The second-order valence-electron chi connectivity index (χ2n) is 3.34. The van der Waals surface area contributed by atoms with Gasteiger partial charge in [0.1, 0.15) is 0 Å². The molecule has 1 heterocycles. The predicted molar refractivity (Wildman–Crippen MR) is 51.5 cm³/mol. The fourth-order valence-corrected chi connectivity index (χ4v) is 1.53. The Kier molecular flexibility index (Phi) is 2.57. The minimum absolute atomic E-state index is 0.493. The van der Waals surface area contributed by atoms with Gasteiger partial charge in [-0.25, -0.2) is 13.6 Å². The van der Waals surface area contributed by atoms with Crippen LogP contribution < -0.4 is 5.43 Å². The minimum atomic E-state index is -2.07. The average molecular weight is 261 g/mol. The van der Waals surface area contributed by atoms with Crippen LogP contribution >= 0.6 is 0 Å². The van der Waals surface area contributed by atoms with E-state index in [9.17, 15) is 27.2 Å². The van der Waals surface area contributed by atoms with Gasteiger partial charge in [0.05, 0.1) is 10.9 Å². The quantitative estimate of drug-likeness (QED) is 0.629. The van der Waals surface area contributed by atoms with Crippen LogP contribution in [0.3, 0.4) is 0 Å². The smallest absolute Gasteiger partial charge is 0.344 e. The van der Waals surface area contributed by atoms with Gasteiger partial charge in [-0.15, -0.1) is 4.79 Å². The number of aromatic carboxylic acids is 1. The molecule has 1 aromatic carbocycles. The van der Waals surface area contributed by atoms with Gasteiger partial charge in [-0.05, 0) is 12.1 Å². The minimum Gasteiger partial charge on any atom is -0.477 e. The monoisotopic (exact) mass is 261 g/mol. The summed E-state index contributed by atoms with van der Waals surface area (Å²) in [4.78, 5) is 21.3. The van der Waals surface area contributed by atoms with Gasteiger partial charge < -0.3 is 5.11 Å². The SMILES string of the molecule is O=C(O)c1c(F)n(F)c2ccc(F)c(F)c2c1=O. The molecular weight excluding hydrogens is 258 g/mol. The summed E-state index contributed by atoms with van der Waals surface area (Å²) in [6.45, 7) is 0. The summed E-state index contributed by atoms with van der Waals surface area (Å²) < 4.78 is 52.9. The first-order chi connectivity index (χ1) is 8.36. The zero-order valence-electron chi connectivity index (χ0n) is 8.38. The number of benzene rings is 1. The van der Waals surface area contributed by atoms with Crippen LogP contribution in [0.15, 0.2) is 16.9 Å². The van der Waals surface area contributed by atoms with E-state index in [-0.39, 0.29) is 0 Å². The van der Waals surface area contributed by atoms with Crippen LogP contribution in [-0.2, 0) is 0 Å². The Morgan fingerprint density at radius 2 is 1.83 bits per heavy atom. The number of hydrogen-bond donors (Lipinski definition) is 1. The normalized spacial score (nSPS) is 10.9. The van der Waals surface area contributed by atoms with Crippen molar-refractivity contribution in [2.75, 3.05) is 0 Å². The predicted octanol–water partition coefficient (Wildman–Crippen LogP) is 1.85. The van der Waals surface area contributed by atoms with E-state index in [1.54, 1.807) is 0 Å². The summed E-state index contributed by atoms with van der Waals surface area (Å²) in [5, 5.41) is 7.40. The van der Waals surface area contributed by atoms with E-state index < -0.39 is 50.2 Å². The van der Waals surface area contributed by atoms with Gasteiger partial charge in [0, 0.05) is 0 Å². The van der Waals surface area contributed by atoms with Gasteiger partial charge >= 0.3 is 5.97 Å². The van der Waals surface area contributed by atoms with Crippen LogP contribution in [0.5, 0.6) is 0 Å². The van der Waals surface area contributed by atoms with Crippen molar-refractivity contribution in [2.24, 2.45) is 0 Å². The Morgan fingerprint density at radius 1 is 1.22 bits per heavy atom. The third kappa shape index (κ3) is 1.45. The second kappa shape index (κ2) is 3.83. The average Bonchev–Trinajstić information content (AvgIpc) is 2.29. The van der Waals surface area contributed by atoms with Gasteiger partial charge in [0.2, 0.25) is 11.4 Å². The number of carboxylic acid groups (broad SMARTS) is 1. The zero-order chi connectivity index (χ0) is 13.6. The van der Waals surface area contributed by atoms with Crippen molar-refractivity contribution in [1.82, 2.24) is 4.79 Å². The molecule has 0 aliphatic heterocycles. The van der Waals surface area contributed by atoms with E-state index >= 15 is 0 Å². The highest BCUT2D eigenvalue weighted by molar-refractivity contribution is 5.92. The summed E-state index contributed by atoms with van der Waals surface area (Å²) >= 11 is 0. The van der Waals surface area contributed by atoms with Crippen LogP contribution in [0.2, 0.25) is 0 Å². The van der Waals surface area contributed by atoms with Crippen molar-refractivity contribution in [3.05, 3.63) is 45.5 Å². The standard InChI is InChI=1S/C10H3F4NO3/c11-3-1-2-4-5(7(3)12)8(16)6(10(17)18)9(13)15(4)14/h1-2H,(H,17,18). The van der Waals surface area contributed by atoms with E-state index in [0.717, 1.165) is 0 Å². The lowest BCUT2D eigenvalue weighted by Crippen LogP contribution is -2.22. The van der Waals surface area contributed by atoms with E-state index in [1.165, 1.54) is 0 Å². The second-order valence-corrected chi connectivity index (χ2v) is 3.34. The molecule has 0 radical (unpaired) electrons. The molecule has 2 rings (SSSR count). The summed E-state index contributed by atoms with van der Waals surface area (Å²) in [7, 11) is 0. The van der Waals surface area contributed by atoms with Gasteiger partial charge in [-0.3, -0.25) is 4.79 Å². The third-order valence-corrected chi connectivity index (χ3v) is 2.33. The molecule has 0 atom stereocenters. The molecule has 0 unspecified atom stereocenters. The Hall–Kier alpha value is -2.38. The van der Waals surface area contributed by atoms with E-state index in [4.69, 9.17) is 5.11 Å². The van der Waals surface area contributed by atoms with Crippen LogP contribution in [0.1, 0.15) is 10.4 Å². The van der Waals surface area contributed by atoms with Gasteiger partial charge in [-0.1, -0.05) is 4.48 Å². The molecule has 94 valence electrons. The third-order valence-electron chi connectivity index (χ3n) is 2.33. The molecule has 1 N–H and O–H groups in total. The van der Waals surface area contributed by atoms with Gasteiger partial charge in [-0.2, -0.15) is 4.39 Å². The number of pyridine rings is 1. The van der Waals surface area contributed by atoms with Gasteiger partial charge in [0.15, 0.2) is 17.2 Å². The van der Waals surface area contributed by atoms with Gasteiger partial charge in [0.25, 0.3) is 0 Å². The van der Waals surface area contributed by atoms with Crippen molar-refractivity contribution in [2.45, 2.75) is 0 Å². The molecule has 0 bridgehead atoms. The van der Waals surface area contributed by atoms with Crippen molar-refractivity contribution >= 4 is 16.9 Å². The molecule has 1 aromatic heterocycles. The van der Waals surface area contributed by atoms with Crippen molar-refractivity contribution < 1.29 is 27.6 Å². The number of nitrogens with zero attached hydrogens (tertiary/aromatic N) is 1. The Morgan fingerprint density at radius 3 is 2.39 bits per heavy atom. The lowest BCUT2D eigenvalue weighted by atomic mass is 10.1. The highest BCUT2D eigenvalue weighted by atomic mass is 19.2. The number of carbonyl (C=O) groups is 1. The van der Waals surface area contributed by atoms with E-state index in [0.29, 0.717) is 12.1 Å². The zero-order valence-corrected chi connectivity index (χ0v) is 8.38. The summed E-state index contributed by atoms with van der Waals surface area (Å²) in [6, 6.07) is 1.12. The molecule has 2 aromatic rings. The maximum absolute atomic E-state index is 13.4. The van der Waals surface area contributed by atoms with E-state index in [2.05, 4.69) is 0 Å². The highest BCUT2D eigenvalue weighted by Gasteiger charge is 2.25. The number of hydrogen-bond acceptors (Lipinski definition) is 2. The summed E-state index contributed by atoms with van der Waals surface area (Å²) in [6.07, 6.45) is 0. The molecule has 0 saturated heterocycles. The molecule has 8 heteroatoms. The van der Waals surface area contributed by atoms with Crippen LogP contribution in [-0.4, -0.2) is 15.9 Å². The van der Waals surface area contributed by atoms with Crippen LogP contribution in [0.25, 0.3) is 10.9 Å². The van der Waals surface area contributed by atoms with Crippen molar-refractivity contribution in [1.29, 1.82) is 0 Å². The molecule has 0 amide bonds. The van der Waals surface area contributed by atoms with E-state index in [1.807, 2.05) is 0 Å². The highest BCUT2D eigenvalue weighted by Crippen LogP contribution is 2.20. The Bertz CT molecular complexity index is 738. The molecular formula is C10H3F4NO3. The lowest BCUT2D eigenvalue weighted by Gasteiger charge is -2.06. The first-order valence-electron chi connectivity index (χ1n) is 4.48. The fraction of sp³-hybridized carbons (Fsp3) is 0. The maximum atomic E-state index is 13.4. The lowest BCUT2D eigenvalue weighted by molar-refractivity contribution is 0.0685. The molecule has 0 aliphatic rings. The number of rotatable bonds is 1. The topological polar surface area (TPSA) is 59.3 Å². The van der Waals surface area contributed by atoms with Crippen LogP contribution in [0.4, 0.5) is 17.7 Å². The number of aromatic nitrogens is 1. The van der Waals surface area contributed by atoms with Crippen molar-refractivity contribution in [3.63, 3.8) is 0 Å². The number of fused-ring (bicyclic) bond motifs is 1.